The van der Waals surface area contributed by atoms with E-state index in [-0.39, 0.29) is 11.5 Å². The highest BCUT2D eigenvalue weighted by molar-refractivity contribution is 5.83. The summed E-state index contributed by atoms with van der Waals surface area (Å²) in [5, 5.41) is 0. The fraction of sp³-hybridized carbons (Fsp3) is 0.125. The van der Waals surface area contributed by atoms with Gasteiger partial charge >= 0.3 is 0 Å². The molecule has 0 unspecified atom stereocenters. The van der Waals surface area contributed by atoms with Crippen LogP contribution in [0.4, 0.5) is 8.78 Å². The van der Waals surface area contributed by atoms with Crippen molar-refractivity contribution in [2.75, 3.05) is 13.2 Å². The molecule has 8 heteroatoms. The molecule has 0 radical (unpaired) electrons. The molecule has 0 saturated heterocycles. The topological polar surface area (TPSA) is 76.7 Å². The lowest BCUT2D eigenvalue weighted by atomic mass is 10.3. The van der Waals surface area contributed by atoms with Gasteiger partial charge in [0.2, 0.25) is 0 Å². The van der Waals surface area contributed by atoms with Crippen molar-refractivity contribution in [2.45, 2.75) is 0 Å². The summed E-state index contributed by atoms with van der Waals surface area (Å²) in [5.41, 5.74) is 4.13. The number of hydrogen-bond acceptors (Lipinski definition) is 4. The van der Waals surface area contributed by atoms with Crippen molar-refractivity contribution < 1.29 is 27.8 Å². The first-order chi connectivity index (χ1) is 11.6. The SMILES string of the molecule is O=C(COc1ccccc1F)NNC(=O)COc1ccccc1F. The summed E-state index contributed by atoms with van der Waals surface area (Å²) in [5.74, 6) is -2.76. The Kier molecular flexibility index (Phi) is 6.07. The number of nitrogens with one attached hydrogen (secondary N) is 2. The Labute approximate surface area is 136 Å². The largest absolute Gasteiger partial charge is 0.481 e. The van der Waals surface area contributed by atoms with Crippen LogP contribution in [-0.2, 0) is 9.59 Å². The Morgan fingerprint density at radius 1 is 0.750 bits per heavy atom. The zero-order chi connectivity index (χ0) is 17.4. The molecule has 2 aromatic rings. The van der Waals surface area contributed by atoms with E-state index in [1.807, 2.05) is 0 Å². The van der Waals surface area contributed by atoms with Gasteiger partial charge in [-0.1, -0.05) is 24.3 Å². The molecule has 2 rings (SSSR count). The van der Waals surface area contributed by atoms with E-state index in [1.54, 1.807) is 12.1 Å². The third kappa shape index (κ3) is 5.24. The van der Waals surface area contributed by atoms with Gasteiger partial charge in [0.15, 0.2) is 36.3 Å². The standard InChI is InChI=1S/C16H14F2N2O4/c17-11-5-1-3-7-13(11)23-9-15(21)19-20-16(22)10-24-14-8-4-2-6-12(14)18/h1-8H,9-10H2,(H,19,21)(H,20,22). The average molecular weight is 336 g/mol. The number of hydrazine groups is 1. The summed E-state index contributed by atoms with van der Waals surface area (Å²) in [6, 6.07) is 11.2. The molecule has 0 atom stereocenters. The lowest BCUT2D eigenvalue weighted by molar-refractivity contribution is -0.131. The highest BCUT2D eigenvalue weighted by atomic mass is 19.1. The van der Waals surface area contributed by atoms with Gasteiger partial charge in [-0.15, -0.1) is 0 Å². The van der Waals surface area contributed by atoms with Gasteiger partial charge in [0.05, 0.1) is 0 Å². The second-order valence-corrected chi connectivity index (χ2v) is 4.53. The molecule has 6 nitrogen and oxygen atoms in total. The van der Waals surface area contributed by atoms with Gasteiger partial charge in [-0.05, 0) is 24.3 Å². The van der Waals surface area contributed by atoms with Crippen molar-refractivity contribution >= 4 is 11.8 Å². The van der Waals surface area contributed by atoms with Crippen molar-refractivity contribution in [1.29, 1.82) is 0 Å². The smallest absolute Gasteiger partial charge is 0.276 e. The van der Waals surface area contributed by atoms with Gasteiger partial charge in [0.1, 0.15) is 0 Å². The van der Waals surface area contributed by atoms with E-state index in [2.05, 4.69) is 10.9 Å². The third-order valence-electron chi connectivity index (χ3n) is 2.73. The minimum atomic E-state index is -0.697. The van der Waals surface area contributed by atoms with Gasteiger partial charge in [0.25, 0.3) is 11.8 Å². The fourth-order valence-electron chi connectivity index (χ4n) is 1.62. The Balaban J connectivity index is 1.69. The van der Waals surface area contributed by atoms with Gasteiger partial charge in [-0.25, -0.2) is 8.78 Å². The van der Waals surface area contributed by atoms with Gasteiger partial charge in [0, 0.05) is 0 Å². The number of para-hydroxylation sites is 2. The molecule has 0 heterocycles. The molecule has 0 bridgehead atoms. The van der Waals surface area contributed by atoms with E-state index in [9.17, 15) is 18.4 Å². The highest BCUT2D eigenvalue weighted by Crippen LogP contribution is 2.15. The summed E-state index contributed by atoms with van der Waals surface area (Å²) in [4.78, 5) is 23.0. The molecule has 0 aliphatic heterocycles. The van der Waals surface area contributed by atoms with Crippen molar-refractivity contribution in [3.8, 4) is 11.5 Å². The molecular weight excluding hydrogens is 322 g/mol. The minimum Gasteiger partial charge on any atom is -0.481 e. The van der Waals surface area contributed by atoms with E-state index in [0.29, 0.717) is 0 Å². The number of halogens is 2. The lowest BCUT2D eigenvalue weighted by Gasteiger charge is -2.10. The van der Waals surface area contributed by atoms with Crippen LogP contribution in [-0.4, -0.2) is 25.0 Å². The molecule has 0 saturated carbocycles. The number of carbonyl (C=O) groups is 2. The molecule has 0 aliphatic rings. The lowest BCUT2D eigenvalue weighted by Crippen LogP contribution is -2.45. The van der Waals surface area contributed by atoms with Crippen LogP contribution in [0.3, 0.4) is 0 Å². The summed E-state index contributed by atoms with van der Waals surface area (Å²) in [6.45, 7) is -0.981. The van der Waals surface area contributed by atoms with Gasteiger partial charge in [-0.2, -0.15) is 0 Å². The van der Waals surface area contributed by atoms with E-state index in [4.69, 9.17) is 9.47 Å². The van der Waals surface area contributed by atoms with Crippen LogP contribution >= 0.6 is 0 Å². The fourth-order valence-corrected chi connectivity index (χ4v) is 1.62. The quantitative estimate of drug-likeness (QED) is 0.785. The Hall–Kier alpha value is -3.16. The second-order valence-electron chi connectivity index (χ2n) is 4.53. The van der Waals surface area contributed by atoms with Crippen LogP contribution in [0.2, 0.25) is 0 Å². The number of benzene rings is 2. The second kappa shape index (κ2) is 8.47. The average Bonchev–Trinajstić information content (AvgIpc) is 2.58. The van der Waals surface area contributed by atoms with Crippen LogP contribution < -0.4 is 20.3 Å². The minimum absolute atomic E-state index is 0.0816. The molecule has 0 fully saturated rings. The molecular formula is C16H14F2N2O4. The predicted octanol–water partition coefficient (Wildman–Crippen LogP) is 1.57. The highest BCUT2D eigenvalue weighted by Gasteiger charge is 2.09. The van der Waals surface area contributed by atoms with Crippen molar-refractivity contribution in [1.82, 2.24) is 10.9 Å². The van der Waals surface area contributed by atoms with E-state index in [0.717, 1.165) is 0 Å². The van der Waals surface area contributed by atoms with E-state index >= 15 is 0 Å². The summed E-state index contributed by atoms with van der Waals surface area (Å²) in [7, 11) is 0. The summed E-state index contributed by atoms with van der Waals surface area (Å²) >= 11 is 0. The Morgan fingerprint density at radius 3 is 1.50 bits per heavy atom. The first-order valence-corrected chi connectivity index (χ1v) is 6.88. The number of amides is 2. The first kappa shape index (κ1) is 17.2. The maximum absolute atomic E-state index is 13.3. The van der Waals surface area contributed by atoms with E-state index in [1.165, 1.54) is 36.4 Å². The first-order valence-electron chi connectivity index (χ1n) is 6.88. The van der Waals surface area contributed by atoms with Crippen LogP contribution in [0.15, 0.2) is 48.5 Å². The molecule has 0 spiro atoms. The van der Waals surface area contributed by atoms with Crippen LogP contribution in [0.5, 0.6) is 11.5 Å². The predicted molar refractivity (Wildman–Crippen MR) is 80.1 cm³/mol. The maximum Gasteiger partial charge on any atom is 0.276 e. The van der Waals surface area contributed by atoms with E-state index < -0.39 is 36.7 Å². The Morgan fingerprint density at radius 2 is 1.12 bits per heavy atom. The maximum atomic E-state index is 13.3. The van der Waals surface area contributed by atoms with Crippen LogP contribution in [0.25, 0.3) is 0 Å². The van der Waals surface area contributed by atoms with Crippen LogP contribution in [0.1, 0.15) is 0 Å². The molecule has 2 N–H and O–H groups in total. The molecule has 0 aromatic heterocycles. The number of ether oxygens (including phenoxy) is 2. The van der Waals surface area contributed by atoms with Crippen molar-refractivity contribution in [3.05, 3.63) is 60.2 Å². The number of carbonyl (C=O) groups excluding carboxylic acids is 2. The normalized spacial score (nSPS) is 9.92. The number of hydrogen-bond donors (Lipinski definition) is 2. The zero-order valence-electron chi connectivity index (χ0n) is 12.4. The molecule has 2 amide bonds. The van der Waals surface area contributed by atoms with Crippen molar-refractivity contribution in [2.24, 2.45) is 0 Å². The van der Waals surface area contributed by atoms with Crippen LogP contribution in [0, 0.1) is 11.6 Å². The monoisotopic (exact) mass is 336 g/mol. The van der Waals surface area contributed by atoms with Gasteiger partial charge in [-0.3, -0.25) is 20.4 Å². The van der Waals surface area contributed by atoms with Crippen molar-refractivity contribution in [3.63, 3.8) is 0 Å². The van der Waals surface area contributed by atoms with Gasteiger partial charge < -0.3 is 9.47 Å². The molecule has 126 valence electrons. The number of rotatable bonds is 6. The molecule has 0 aliphatic carbocycles. The molecule has 2 aromatic carbocycles. The molecule has 24 heavy (non-hydrogen) atoms. The third-order valence-corrected chi connectivity index (χ3v) is 2.73. The summed E-state index contributed by atoms with van der Waals surface area (Å²) < 4.78 is 36.5. The summed E-state index contributed by atoms with van der Waals surface area (Å²) in [6.07, 6.45) is 0. The zero-order valence-corrected chi connectivity index (χ0v) is 12.4. The Bertz CT molecular complexity index is 663.